The molecular formula is C11H9N3O2. The molecule has 5 nitrogen and oxygen atoms in total. The summed E-state index contributed by atoms with van der Waals surface area (Å²) >= 11 is 0. The number of nitrogens with one attached hydrogen (secondary N) is 1. The smallest absolute Gasteiger partial charge is 0.266 e. The highest BCUT2D eigenvalue weighted by molar-refractivity contribution is 5.75. The molecule has 0 aliphatic carbocycles. The molecule has 1 aromatic carbocycles. The Bertz CT molecular complexity index is 606. The van der Waals surface area contributed by atoms with E-state index in [0.29, 0.717) is 11.6 Å². The number of hydrogen-bond donors (Lipinski definition) is 1. The molecular weight excluding hydrogens is 206 g/mol. The molecule has 1 aromatic heterocycles. The lowest BCUT2D eigenvalue weighted by atomic mass is 10.2. The first-order valence-electron chi connectivity index (χ1n) is 4.86. The summed E-state index contributed by atoms with van der Waals surface area (Å²) in [4.78, 5) is 13.1. The first-order chi connectivity index (χ1) is 7.75. The molecule has 1 aliphatic rings. The van der Waals surface area contributed by atoms with Gasteiger partial charge in [0.25, 0.3) is 11.4 Å². The van der Waals surface area contributed by atoms with Crippen LogP contribution in [0.15, 0.2) is 35.1 Å². The Morgan fingerprint density at radius 3 is 3.00 bits per heavy atom. The zero-order valence-corrected chi connectivity index (χ0v) is 8.60. The van der Waals surface area contributed by atoms with E-state index in [0.717, 1.165) is 11.4 Å². The standard InChI is InChI=1S/C11H9N3O2/c1-14-7-4-2-3-5-9(7)16-11-8(14)6-10(15)12-13-11/h2-6H,1H3,(H,12,15). The largest absolute Gasteiger partial charge is 0.434 e. The molecule has 0 unspecified atom stereocenters. The number of hydrogen-bond acceptors (Lipinski definition) is 4. The third-order valence-corrected chi connectivity index (χ3v) is 2.55. The second-order valence-electron chi connectivity index (χ2n) is 3.55. The third-order valence-electron chi connectivity index (χ3n) is 2.55. The molecule has 0 saturated heterocycles. The number of benzene rings is 1. The van der Waals surface area contributed by atoms with Crippen LogP contribution in [0.3, 0.4) is 0 Å². The number of fused-ring (bicyclic) bond motifs is 2. The SMILES string of the molecule is CN1c2ccccc2Oc2n[nH]c(=O)cc21. The summed E-state index contributed by atoms with van der Waals surface area (Å²) in [6, 6.07) is 9.08. The minimum absolute atomic E-state index is 0.242. The Hall–Kier alpha value is -2.30. The summed E-state index contributed by atoms with van der Waals surface area (Å²) in [7, 11) is 1.88. The first kappa shape index (κ1) is 8.96. The molecule has 0 fully saturated rings. The molecule has 0 saturated carbocycles. The molecule has 80 valence electrons. The van der Waals surface area contributed by atoms with Crippen LogP contribution in [-0.2, 0) is 0 Å². The summed E-state index contributed by atoms with van der Waals surface area (Å²) in [5.41, 5.74) is 1.35. The van der Waals surface area contributed by atoms with Gasteiger partial charge in [0.05, 0.1) is 5.69 Å². The Morgan fingerprint density at radius 2 is 2.12 bits per heavy atom. The van der Waals surface area contributed by atoms with Gasteiger partial charge in [0, 0.05) is 13.1 Å². The average molecular weight is 215 g/mol. The Morgan fingerprint density at radius 1 is 1.31 bits per heavy atom. The van der Waals surface area contributed by atoms with Crippen LogP contribution in [0, 0.1) is 0 Å². The number of para-hydroxylation sites is 2. The number of anilines is 2. The number of nitrogens with zero attached hydrogens (tertiary/aromatic N) is 2. The molecule has 0 atom stereocenters. The maximum atomic E-state index is 11.2. The lowest BCUT2D eigenvalue weighted by Gasteiger charge is -2.27. The van der Waals surface area contributed by atoms with Crippen molar-refractivity contribution >= 4 is 11.4 Å². The topological polar surface area (TPSA) is 58.2 Å². The molecule has 3 rings (SSSR count). The summed E-state index contributed by atoms with van der Waals surface area (Å²) in [5, 5.41) is 6.22. The fourth-order valence-electron chi connectivity index (χ4n) is 1.75. The fourth-order valence-corrected chi connectivity index (χ4v) is 1.75. The molecule has 1 N–H and O–H groups in total. The van der Waals surface area contributed by atoms with Gasteiger partial charge in [0.15, 0.2) is 5.75 Å². The lowest BCUT2D eigenvalue weighted by molar-refractivity contribution is 0.447. The van der Waals surface area contributed by atoms with Gasteiger partial charge in [-0.05, 0) is 12.1 Å². The molecule has 0 radical (unpaired) electrons. The van der Waals surface area contributed by atoms with Crippen LogP contribution in [0.5, 0.6) is 11.6 Å². The van der Waals surface area contributed by atoms with Crippen molar-refractivity contribution < 1.29 is 4.74 Å². The predicted octanol–water partition coefficient (Wildman–Crippen LogP) is 1.64. The average Bonchev–Trinajstić information content (AvgIpc) is 2.31. The summed E-state index contributed by atoms with van der Waals surface area (Å²) < 4.78 is 5.58. The second kappa shape index (κ2) is 3.10. The zero-order valence-electron chi connectivity index (χ0n) is 8.60. The summed E-state index contributed by atoms with van der Waals surface area (Å²) in [6.07, 6.45) is 0. The Labute approximate surface area is 91.3 Å². The van der Waals surface area contributed by atoms with E-state index in [-0.39, 0.29) is 5.56 Å². The van der Waals surface area contributed by atoms with Gasteiger partial charge in [-0.3, -0.25) is 4.79 Å². The second-order valence-corrected chi connectivity index (χ2v) is 3.55. The van der Waals surface area contributed by atoms with Crippen molar-refractivity contribution in [2.75, 3.05) is 11.9 Å². The van der Waals surface area contributed by atoms with Crippen molar-refractivity contribution in [2.24, 2.45) is 0 Å². The molecule has 1 aliphatic heterocycles. The van der Waals surface area contributed by atoms with Gasteiger partial charge < -0.3 is 9.64 Å². The van der Waals surface area contributed by atoms with E-state index < -0.39 is 0 Å². The summed E-state index contributed by atoms with van der Waals surface area (Å²) in [5.74, 6) is 1.15. The van der Waals surface area contributed by atoms with E-state index in [1.54, 1.807) is 0 Å². The van der Waals surface area contributed by atoms with E-state index >= 15 is 0 Å². The van der Waals surface area contributed by atoms with Crippen LogP contribution in [0.1, 0.15) is 0 Å². The van der Waals surface area contributed by atoms with Gasteiger partial charge in [-0.2, -0.15) is 0 Å². The minimum Gasteiger partial charge on any atom is -0.434 e. The molecule has 0 spiro atoms. The monoisotopic (exact) mass is 215 g/mol. The van der Waals surface area contributed by atoms with Crippen molar-refractivity contribution in [3.63, 3.8) is 0 Å². The van der Waals surface area contributed by atoms with Gasteiger partial charge >= 0.3 is 0 Å². The van der Waals surface area contributed by atoms with Crippen LogP contribution >= 0.6 is 0 Å². The number of ether oxygens (including phenoxy) is 1. The maximum absolute atomic E-state index is 11.2. The zero-order chi connectivity index (χ0) is 11.1. The van der Waals surface area contributed by atoms with Crippen molar-refractivity contribution in [1.82, 2.24) is 10.2 Å². The van der Waals surface area contributed by atoms with E-state index in [1.165, 1.54) is 6.07 Å². The predicted molar refractivity (Wildman–Crippen MR) is 59.4 cm³/mol. The van der Waals surface area contributed by atoms with E-state index in [1.807, 2.05) is 36.2 Å². The fraction of sp³-hybridized carbons (Fsp3) is 0.0909. The molecule has 0 amide bonds. The van der Waals surface area contributed by atoms with Crippen molar-refractivity contribution in [3.05, 3.63) is 40.7 Å². The highest BCUT2D eigenvalue weighted by atomic mass is 16.5. The molecule has 5 heteroatoms. The maximum Gasteiger partial charge on any atom is 0.266 e. The van der Waals surface area contributed by atoms with Gasteiger partial charge in [-0.15, -0.1) is 5.10 Å². The van der Waals surface area contributed by atoms with E-state index in [2.05, 4.69) is 10.2 Å². The van der Waals surface area contributed by atoms with Crippen LogP contribution < -0.4 is 15.2 Å². The minimum atomic E-state index is -0.242. The van der Waals surface area contributed by atoms with E-state index in [4.69, 9.17) is 4.74 Å². The number of aromatic nitrogens is 2. The van der Waals surface area contributed by atoms with Crippen molar-refractivity contribution in [2.45, 2.75) is 0 Å². The molecule has 2 heterocycles. The molecule has 0 bridgehead atoms. The first-order valence-corrected chi connectivity index (χ1v) is 4.86. The van der Waals surface area contributed by atoms with Crippen LogP contribution in [0.25, 0.3) is 0 Å². The Balaban J connectivity index is 2.22. The Kier molecular flexibility index (Phi) is 1.73. The molecule has 16 heavy (non-hydrogen) atoms. The van der Waals surface area contributed by atoms with Crippen LogP contribution in [-0.4, -0.2) is 17.2 Å². The lowest BCUT2D eigenvalue weighted by Crippen LogP contribution is -2.20. The normalized spacial score (nSPS) is 12.7. The van der Waals surface area contributed by atoms with Gasteiger partial charge in [0.1, 0.15) is 5.69 Å². The van der Waals surface area contributed by atoms with Crippen molar-refractivity contribution in [1.29, 1.82) is 0 Å². The van der Waals surface area contributed by atoms with Gasteiger partial charge in [-0.1, -0.05) is 12.1 Å². The highest BCUT2D eigenvalue weighted by Gasteiger charge is 2.22. The van der Waals surface area contributed by atoms with Crippen LogP contribution in [0.2, 0.25) is 0 Å². The highest BCUT2D eigenvalue weighted by Crippen LogP contribution is 2.42. The third kappa shape index (κ3) is 1.18. The van der Waals surface area contributed by atoms with Crippen molar-refractivity contribution in [3.8, 4) is 11.6 Å². The van der Waals surface area contributed by atoms with Gasteiger partial charge in [0.2, 0.25) is 0 Å². The quantitative estimate of drug-likeness (QED) is 0.725. The van der Waals surface area contributed by atoms with Crippen LogP contribution in [0.4, 0.5) is 11.4 Å². The summed E-state index contributed by atoms with van der Waals surface area (Å²) in [6.45, 7) is 0. The van der Waals surface area contributed by atoms with E-state index in [9.17, 15) is 4.79 Å². The molecule has 2 aromatic rings. The van der Waals surface area contributed by atoms with Gasteiger partial charge in [-0.25, -0.2) is 5.10 Å². The number of aromatic amines is 1. The number of rotatable bonds is 0. The number of H-pyrrole nitrogens is 1.